The van der Waals surface area contributed by atoms with Crippen molar-refractivity contribution in [1.82, 2.24) is 19.4 Å². The van der Waals surface area contributed by atoms with E-state index in [4.69, 9.17) is 0 Å². The number of rotatable bonds is 4. The number of anilines is 6. The molecule has 2 aromatic carbocycles. The number of hydrogen-bond donors (Lipinski definition) is 2. The second-order valence-corrected chi connectivity index (χ2v) is 10.2. The van der Waals surface area contributed by atoms with E-state index in [-0.39, 0.29) is 52.7 Å². The SMILES string of the molecule is Cc1c(F)cc(F)c2c1NCCN2c1c(F)c2cnc(Nc3ccc(N4CCN(C)CC4)cc3)nc2n(C)c1=O. The molecule has 0 saturated carbocycles. The number of halogens is 3. The molecule has 0 unspecified atom stereocenters. The number of piperazine rings is 1. The summed E-state index contributed by atoms with van der Waals surface area (Å²) in [6.07, 6.45) is 1.30. The van der Waals surface area contributed by atoms with E-state index in [1.807, 2.05) is 24.3 Å². The first kappa shape index (κ1) is 25.9. The molecule has 2 aromatic heterocycles. The van der Waals surface area contributed by atoms with E-state index in [2.05, 4.69) is 37.4 Å². The minimum Gasteiger partial charge on any atom is -0.381 e. The highest BCUT2D eigenvalue weighted by Crippen LogP contribution is 2.40. The summed E-state index contributed by atoms with van der Waals surface area (Å²) in [4.78, 5) is 28.0. The van der Waals surface area contributed by atoms with Crippen LogP contribution in [0.2, 0.25) is 0 Å². The zero-order valence-corrected chi connectivity index (χ0v) is 22.4. The van der Waals surface area contributed by atoms with E-state index in [0.29, 0.717) is 0 Å². The van der Waals surface area contributed by atoms with Crippen LogP contribution in [0.3, 0.4) is 0 Å². The molecule has 0 aliphatic carbocycles. The Labute approximate surface area is 228 Å². The van der Waals surface area contributed by atoms with Gasteiger partial charge in [0.15, 0.2) is 17.3 Å². The van der Waals surface area contributed by atoms with E-state index in [0.717, 1.165) is 43.6 Å². The molecule has 2 N–H and O–H groups in total. The summed E-state index contributed by atoms with van der Waals surface area (Å²) < 4.78 is 46.3. The molecule has 1 saturated heterocycles. The Morgan fingerprint density at radius 2 is 1.68 bits per heavy atom. The van der Waals surface area contributed by atoms with E-state index in [1.165, 1.54) is 29.6 Å². The Bertz CT molecular complexity index is 1670. The highest BCUT2D eigenvalue weighted by molar-refractivity contribution is 5.86. The van der Waals surface area contributed by atoms with Crippen molar-refractivity contribution in [2.75, 3.05) is 66.7 Å². The van der Waals surface area contributed by atoms with Crippen LogP contribution in [0.5, 0.6) is 0 Å². The van der Waals surface area contributed by atoms with Gasteiger partial charge in [-0.1, -0.05) is 0 Å². The zero-order valence-electron chi connectivity index (χ0n) is 22.4. The Hall–Kier alpha value is -4.32. The lowest BCUT2D eigenvalue weighted by Crippen LogP contribution is -2.44. The van der Waals surface area contributed by atoms with Gasteiger partial charge in [-0.3, -0.25) is 9.36 Å². The van der Waals surface area contributed by atoms with E-state index in [1.54, 1.807) is 0 Å². The lowest BCUT2D eigenvalue weighted by molar-refractivity contribution is 0.313. The van der Waals surface area contributed by atoms with Crippen molar-refractivity contribution in [3.8, 4) is 0 Å². The third kappa shape index (κ3) is 4.37. The van der Waals surface area contributed by atoms with E-state index >= 15 is 4.39 Å². The summed E-state index contributed by atoms with van der Waals surface area (Å²) >= 11 is 0. The van der Waals surface area contributed by atoms with Gasteiger partial charge in [0.2, 0.25) is 5.95 Å². The topological polar surface area (TPSA) is 81.6 Å². The Morgan fingerprint density at radius 1 is 0.950 bits per heavy atom. The van der Waals surface area contributed by atoms with Crippen molar-refractivity contribution in [1.29, 1.82) is 0 Å². The van der Waals surface area contributed by atoms with Gasteiger partial charge in [0.25, 0.3) is 5.56 Å². The van der Waals surface area contributed by atoms with Gasteiger partial charge in [-0.25, -0.2) is 18.2 Å². The monoisotopic (exact) mass is 550 g/mol. The largest absolute Gasteiger partial charge is 0.381 e. The second-order valence-electron chi connectivity index (χ2n) is 10.2. The fourth-order valence-electron chi connectivity index (χ4n) is 5.32. The molecule has 0 amide bonds. The van der Waals surface area contributed by atoms with Gasteiger partial charge in [-0.15, -0.1) is 0 Å². The standard InChI is InChI=1S/C28H29F3N8O/c1-16-20(29)14-21(30)24-23(16)32-8-9-39(24)25-22(31)19-15-33-28(35-26(19)37(3)27(25)40)34-17-4-6-18(7-5-17)38-12-10-36(2)11-13-38/h4-7,14-15,32H,8-13H2,1-3H3,(H,33,34,35). The molecule has 4 aromatic rings. The highest BCUT2D eigenvalue weighted by Gasteiger charge is 2.31. The summed E-state index contributed by atoms with van der Waals surface area (Å²) in [7, 11) is 3.59. The predicted octanol–water partition coefficient (Wildman–Crippen LogP) is 4.11. The smallest absolute Gasteiger partial charge is 0.278 e. The van der Waals surface area contributed by atoms with Crippen molar-refractivity contribution >= 4 is 45.4 Å². The minimum atomic E-state index is -0.888. The fourth-order valence-corrected chi connectivity index (χ4v) is 5.32. The van der Waals surface area contributed by atoms with Crippen LogP contribution in [0.4, 0.5) is 47.6 Å². The summed E-state index contributed by atoms with van der Waals surface area (Å²) in [5.41, 5.74) is 1.23. The molecule has 0 radical (unpaired) electrons. The quantitative estimate of drug-likeness (QED) is 0.393. The predicted molar refractivity (Wildman–Crippen MR) is 151 cm³/mol. The summed E-state index contributed by atoms with van der Waals surface area (Å²) in [5.74, 6) is -2.27. The molecule has 1 fully saturated rings. The highest BCUT2D eigenvalue weighted by atomic mass is 19.1. The average Bonchev–Trinajstić information content (AvgIpc) is 2.95. The third-order valence-corrected chi connectivity index (χ3v) is 7.66. The summed E-state index contributed by atoms with van der Waals surface area (Å²) in [6, 6.07) is 8.63. The number of nitrogens with zero attached hydrogens (tertiary/aromatic N) is 6. The first-order chi connectivity index (χ1) is 19.2. The lowest BCUT2D eigenvalue weighted by atomic mass is 10.1. The maximum atomic E-state index is 15.9. The number of hydrogen-bond acceptors (Lipinski definition) is 8. The summed E-state index contributed by atoms with van der Waals surface area (Å²) in [6.45, 7) is 5.82. The van der Waals surface area contributed by atoms with Crippen molar-refractivity contribution in [2.24, 2.45) is 7.05 Å². The number of nitrogens with one attached hydrogen (secondary N) is 2. The number of aryl methyl sites for hydroxylation is 1. The maximum Gasteiger partial charge on any atom is 0.278 e. The number of aromatic nitrogens is 3. The van der Waals surface area contributed by atoms with Crippen LogP contribution < -0.4 is 26.0 Å². The second kappa shape index (κ2) is 10.0. The van der Waals surface area contributed by atoms with Crippen LogP contribution in [-0.2, 0) is 7.05 Å². The van der Waals surface area contributed by atoms with Crippen LogP contribution in [0.15, 0.2) is 41.3 Å². The molecule has 0 bridgehead atoms. The average molecular weight is 551 g/mol. The van der Waals surface area contributed by atoms with Crippen LogP contribution >= 0.6 is 0 Å². The molecule has 9 nitrogen and oxygen atoms in total. The van der Waals surface area contributed by atoms with Gasteiger partial charge in [-0.2, -0.15) is 4.98 Å². The molecule has 0 atom stereocenters. The third-order valence-electron chi connectivity index (χ3n) is 7.66. The minimum absolute atomic E-state index is 0.00684. The molecule has 0 spiro atoms. The first-order valence-corrected chi connectivity index (χ1v) is 13.1. The Morgan fingerprint density at radius 3 is 2.40 bits per heavy atom. The summed E-state index contributed by atoms with van der Waals surface area (Å²) in [5, 5.41) is 6.09. The maximum absolute atomic E-state index is 15.9. The molecular weight excluding hydrogens is 521 g/mol. The molecule has 2 aliphatic rings. The van der Waals surface area contributed by atoms with Crippen molar-refractivity contribution < 1.29 is 13.2 Å². The van der Waals surface area contributed by atoms with Gasteiger partial charge >= 0.3 is 0 Å². The molecule has 2 aliphatic heterocycles. The van der Waals surface area contributed by atoms with Crippen molar-refractivity contribution in [3.63, 3.8) is 0 Å². The van der Waals surface area contributed by atoms with Gasteiger partial charge in [-0.05, 0) is 38.2 Å². The number of benzene rings is 2. The zero-order chi connectivity index (χ0) is 28.1. The van der Waals surface area contributed by atoms with Crippen LogP contribution in [-0.4, -0.2) is 65.8 Å². The number of fused-ring (bicyclic) bond motifs is 2. The lowest BCUT2D eigenvalue weighted by Gasteiger charge is -2.34. The van der Waals surface area contributed by atoms with Gasteiger partial charge in [0, 0.05) is 75.5 Å². The Balaban J connectivity index is 1.33. The molecule has 6 rings (SSSR count). The Kier molecular flexibility index (Phi) is 6.49. The molecule has 208 valence electrons. The van der Waals surface area contributed by atoms with Gasteiger partial charge in [0.1, 0.15) is 17.2 Å². The van der Waals surface area contributed by atoms with Gasteiger partial charge < -0.3 is 25.3 Å². The molecular formula is C28H29F3N8O. The molecule has 4 heterocycles. The first-order valence-electron chi connectivity index (χ1n) is 13.1. The fraction of sp³-hybridized carbons (Fsp3) is 0.321. The van der Waals surface area contributed by atoms with Crippen molar-refractivity contribution in [2.45, 2.75) is 6.92 Å². The van der Waals surface area contributed by atoms with E-state index < -0.39 is 23.0 Å². The molecule has 40 heavy (non-hydrogen) atoms. The number of likely N-dealkylation sites (N-methyl/N-ethyl adjacent to an activating group) is 1. The van der Waals surface area contributed by atoms with Gasteiger partial charge in [0.05, 0.1) is 11.1 Å². The normalized spacial score (nSPS) is 15.8. The van der Waals surface area contributed by atoms with Crippen LogP contribution in [0.25, 0.3) is 11.0 Å². The number of pyridine rings is 1. The van der Waals surface area contributed by atoms with Crippen molar-refractivity contribution in [3.05, 3.63) is 69.9 Å². The van der Waals surface area contributed by atoms with Crippen LogP contribution in [0.1, 0.15) is 5.56 Å². The van der Waals surface area contributed by atoms with E-state index in [9.17, 15) is 13.6 Å². The molecule has 12 heteroatoms. The van der Waals surface area contributed by atoms with Crippen LogP contribution in [0, 0.1) is 24.4 Å².